The van der Waals surface area contributed by atoms with Crippen molar-refractivity contribution < 1.29 is 13.3 Å². The zero-order valence-electron chi connectivity index (χ0n) is 44.8. The Labute approximate surface area is 482 Å². The summed E-state index contributed by atoms with van der Waals surface area (Å²) in [4.78, 5) is 1.28. The number of nitrogens with zero attached hydrogens (tertiary/aromatic N) is 2. The molecule has 0 spiro atoms. The number of aryl methyl sites for hydroxylation is 6. The van der Waals surface area contributed by atoms with E-state index in [1.807, 2.05) is 68.0 Å². The van der Waals surface area contributed by atoms with E-state index in [2.05, 4.69) is 197 Å². The molecule has 0 aliphatic carbocycles. The molecule has 386 valence electrons. The fourth-order valence-corrected chi connectivity index (χ4v) is 25.9. The Bertz CT molecular complexity index is 5770. The summed E-state index contributed by atoms with van der Waals surface area (Å²) in [7, 11) is -2.09. The average Bonchev–Trinajstić information content (AvgIpc) is 4.48. The molecule has 0 bridgehead atoms. The molecule has 12 heteroatoms. The lowest BCUT2D eigenvalue weighted by molar-refractivity contribution is 0.625. The second-order valence-corrected chi connectivity index (χ2v) is 33.3. The number of benzene rings is 7. The van der Waals surface area contributed by atoms with E-state index in [1.165, 1.54) is 144 Å². The zero-order valence-corrected chi connectivity index (χ0v) is 50.7. The Morgan fingerprint density at radius 1 is 0.338 bits per heavy atom. The number of rotatable bonds is 2. The van der Waals surface area contributed by atoms with Crippen LogP contribution in [0.5, 0.6) is 0 Å². The highest BCUT2D eigenvalue weighted by Crippen LogP contribution is 2.55. The van der Waals surface area contributed by atoms with Crippen molar-refractivity contribution in [1.82, 2.24) is 9.13 Å². The fraction of sp³-hybridized carbons (Fsp3) is 0.118. The van der Waals surface area contributed by atoms with Crippen LogP contribution in [-0.4, -0.2) is 17.2 Å². The maximum Gasteiger partial charge on any atom is 0.200 e. The molecule has 0 amide bonds. The molecule has 12 heterocycles. The van der Waals surface area contributed by atoms with Gasteiger partial charge in [-0.3, -0.25) is 4.57 Å². The molecule has 0 saturated heterocycles. The number of furan rings is 3. The molecule has 11 aromatic heterocycles. The van der Waals surface area contributed by atoms with Gasteiger partial charge in [0.1, 0.15) is 30.5 Å². The molecule has 0 fully saturated rings. The van der Waals surface area contributed by atoms with Gasteiger partial charge in [0.15, 0.2) is 22.3 Å². The third kappa shape index (κ3) is 6.14. The van der Waals surface area contributed by atoms with Crippen LogP contribution in [-0.2, 0) is 0 Å². The number of thiophene rings is 6. The van der Waals surface area contributed by atoms with Gasteiger partial charge in [-0.05, 0) is 141 Å². The lowest BCUT2D eigenvalue weighted by Crippen LogP contribution is -2.49. The van der Waals surface area contributed by atoms with Crippen molar-refractivity contribution in [2.45, 2.75) is 54.6 Å². The van der Waals surface area contributed by atoms with Gasteiger partial charge >= 0.3 is 0 Å². The van der Waals surface area contributed by atoms with Crippen LogP contribution in [0.15, 0.2) is 147 Å². The van der Waals surface area contributed by atoms with Gasteiger partial charge in [-0.15, -0.1) is 68.0 Å². The smallest absolute Gasteiger partial charge is 0.200 e. The highest BCUT2D eigenvalue weighted by Gasteiger charge is 2.47. The monoisotopic (exact) mass is 1160 g/mol. The standard InChI is InChI=1S/C35H21NS5.C33H25NO3SSi/c1-16-4-8-19(9-5-16)36-24-12-17(2)6-10-20(24)29-28(36)33-31(40-29)22-14-27-23(15-26(22)37-33)32-35(39-27)34-30(41-32)21-11-7-18(3)13-25(21)38-34;1-16-6-10-19(11-7-16)34-24-20-12-8-17(2)14-22(20)35-26(24)27-25(34)28-29(36-27)33-30(37-28)31-32(39(33,4)5)21-13-9-18(3)15-23(21)38-31/h4-15H,1-3H3;6-15H,1-5H3. The van der Waals surface area contributed by atoms with Crippen LogP contribution in [0.3, 0.4) is 0 Å². The number of fused-ring (bicyclic) bond motifs is 27. The van der Waals surface area contributed by atoms with Crippen LogP contribution in [0.4, 0.5) is 0 Å². The number of hydrogen-bond donors (Lipinski definition) is 0. The predicted molar refractivity (Wildman–Crippen MR) is 354 cm³/mol. The van der Waals surface area contributed by atoms with Crippen molar-refractivity contribution in [2.75, 3.05) is 0 Å². The van der Waals surface area contributed by atoms with Gasteiger partial charge in [0, 0.05) is 62.3 Å². The Balaban J connectivity index is 0.000000124. The van der Waals surface area contributed by atoms with Crippen LogP contribution in [0.1, 0.15) is 33.4 Å². The van der Waals surface area contributed by atoms with Gasteiger partial charge in [-0.1, -0.05) is 91.0 Å². The summed E-state index contributed by atoms with van der Waals surface area (Å²) in [6.45, 7) is 17.8. The molecule has 18 aromatic rings. The zero-order chi connectivity index (χ0) is 53.5. The van der Waals surface area contributed by atoms with Crippen molar-refractivity contribution >= 4 is 220 Å². The van der Waals surface area contributed by atoms with Gasteiger partial charge in [0.2, 0.25) is 0 Å². The van der Waals surface area contributed by atoms with Gasteiger partial charge in [0.05, 0.1) is 48.8 Å². The topological polar surface area (TPSA) is 49.3 Å². The molecule has 1 aliphatic heterocycles. The van der Waals surface area contributed by atoms with E-state index >= 15 is 0 Å². The SMILES string of the molecule is Cc1ccc(-n2c3c4ccc(C)cc4oc3c3oc4c5c(oc4c32)-c2sc3cc(C)ccc3c2[Si]5(C)C)cc1.Cc1ccc(-n2c3cc(C)ccc3c3sc4c5cc6sc7c(sc8c9ccc(C)cc9sc87)c6cc5sc4c32)cc1. The van der Waals surface area contributed by atoms with Crippen LogP contribution in [0.2, 0.25) is 13.1 Å². The van der Waals surface area contributed by atoms with Crippen molar-refractivity contribution in [3.05, 3.63) is 167 Å². The molecule has 0 radical (unpaired) electrons. The van der Waals surface area contributed by atoms with Crippen molar-refractivity contribution in [3.63, 3.8) is 0 Å². The molecule has 1 aliphatic rings. The highest BCUT2D eigenvalue weighted by molar-refractivity contribution is 7.43. The number of aromatic nitrogens is 2. The molecule has 0 unspecified atom stereocenters. The molecule has 5 nitrogen and oxygen atoms in total. The minimum atomic E-state index is -2.09. The molecule has 0 N–H and O–H groups in total. The summed E-state index contributed by atoms with van der Waals surface area (Å²) in [6.07, 6.45) is 0. The average molecular weight is 1160 g/mol. The van der Waals surface area contributed by atoms with Gasteiger partial charge in [-0.2, -0.15) is 0 Å². The minimum absolute atomic E-state index is 0.761. The quantitative estimate of drug-likeness (QED) is 0.162. The summed E-state index contributed by atoms with van der Waals surface area (Å²) in [5.74, 6) is 1.00. The largest absolute Gasteiger partial charge is 0.450 e. The van der Waals surface area contributed by atoms with E-state index < -0.39 is 8.07 Å². The van der Waals surface area contributed by atoms with E-state index in [4.69, 9.17) is 13.3 Å². The van der Waals surface area contributed by atoms with E-state index in [-0.39, 0.29) is 0 Å². The normalized spacial score (nSPS) is 13.6. The van der Waals surface area contributed by atoms with Gasteiger partial charge in [-0.25, -0.2) is 0 Å². The van der Waals surface area contributed by atoms with Gasteiger partial charge < -0.3 is 17.8 Å². The maximum atomic E-state index is 6.89. The summed E-state index contributed by atoms with van der Waals surface area (Å²) < 4.78 is 40.7. The Morgan fingerprint density at radius 3 is 1.52 bits per heavy atom. The molecule has 80 heavy (non-hydrogen) atoms. The van der Waals surface area contributed by atoms with Crippen LogP contribution in [0, 0.1) is 41.5 Å². The van der Waals surface area contributed by atoms with Crippen molar-refractivity contribution in [3.8, 4) is 22.0 Å². The van der Waals surface area contributed by atoms with Crippen LogP contribution in [0.25, 0.3) is 156 Å². The second-order valence-electron chi connectivity index (χ2n) is 22.8. The summed E-state index contributed by atoms with van der Waals surface area (Å²) in [6, 6.07) is 49.7. The Hall–Kier alpha value is -7.26. The Kier molecular flexibility index (Phi) is 9.30. The van der Waals surface area contributed by atoms with E-state index in [0.717, 1.165) is 55.8 Å². The lowest BCUT2D eigenvalue weighted by atomic mass is 10.2. The summed E-state index contributed by atoms with van der Waals surface area (Å²) in [5, 5.41) is 10.8. The molecule has 19 rings (SSSR count). The minimum Gasteiger partial charge on any atom is -0.450 e. The van der Waals surface area contributed by atoms with E-state index in [1.54, 1.807) is 0 Å². The summed E-state index contributed by atoms with van der Waals surface area (Å²) in [5.41, 5.74) is 18.7. The maximum absolute atomic E-state index is 6.89. The fourth-order valence-electron chi connectivity index (χ4n) is 13.2. The predicted octanol–water partition coefficient (Wildman–Crippen LogP) is 21.7. The van der Waals surface area contributed by atoms with Crippen LogP contribution >= 0.6 is 68.0 Å². The summed E-state index contributed by atoms with van der Waals surface area (Å²) >= 11 is 11.7. The first-order valence-electron chi connectivity index (χ1n) is 27.0. The molecular formula is C68H46N2O3S6Si. The number of hydrogen-bond acceptors (Lipinski definition) is 9. The molecule has 0 saturated carbocycles. The van der Waals surface area contributed by atoms with Crippen LogP contribution < -0.4 is 10.4 Å². The Morgan fingerprint density at radius 2 is 0.838 bits per heavy atom. The lowest BCUT2D eigenvalue weighted by Gasteiger charge is -2.16. The first-order valence-corrected chi connectivity index (χ1v) is 34.9. The van der Waals surface area contributed by atoms with E-state index in [0.29, 0.717) is 0 Å². The van der Waals surface area contributed by atoms with E-state index in [9.17, 15) is 0 Å². The first kappa shape index (κ1) is 46.5. The molecule has 7 aromatic carbocycles. The first-order chi connectivity index (χ1) is 38.8. The van der Waals surface area contributed by atoms with Gasteiger partial charge in [0.25, 0.3) is 0 Å². The highest BCUT2D eigenvalue weighted by atomic mass is 32.1. The second kappa shape index (κ2) is 16.0. The third-order valence-corrected chi connectivity index (χ3v) is 28.3. The third-order valence-electron chi connectivity index (χ3n) is 17.0. The van der Waals surface area contributed by atoms with Crippen molar-refractivity contribution in [2.24, 2.45) is 0 Å². The molecule has 0 atom stereocenters. The van der Waals surface area contributed by atoms with Crippen molar-refractivity contribution in [1.29, 1.82) is 0 Å². The molecular weight excluding hydrogens is 1110 g/mol.